The molecule has 1 N–H and O–H groups in total. The molecule has 7 heteroatoms. The number of piperazine rings is 1. The molecule has 0 bridgehead atoms. The number of hydrogen-bond donors (Lipinski definition) is 1. The van der Waals surface area contributed by atoms with Gasteiger partial charge in [-0.15, -0.1) is 0 Å². The lowest BCUT2D eigenvalue weighted by Crippen LogP contribution is -2.55. The molecule has 1 aromatic heterocycles. The lowest BCUT2D eigenvalue weighted by Gasteiger charge is -2.47. The van der Waals surface area contributed by atoms with Crippen LogP contribution in [0.15, 0.2) is 42.5 Å². The SMILES string of the molecule is CCCC(c1nc2cc(N3CCC(c4ccc(OC)cc4)(N(C)C)CC3)ccc2n1C)N1C[C@@H](C)N[C@@H](C)C1. The van der Waals surface area contributed by atoms with Gasteiger partial charge in [0.15, 0.2) is 0 Å². The molecule has 2 saturated heterocycles. The van der Waals surface area contributed by atoms with Crippen molar-refractivity contribution >= 4 is 16.7 Å². The van der Waals surface area contributed by atoms with E-state index in [0.717, 1.165) is 63.1 Å². The molecule has 0 spiro atoms. The van der Waals surface area contributed by atoms with Gasteiger partial charge in [-0.3, -0.25) is 9.80 Å². The largest absolute Gasteiger partial charge is 0.497 e. The van der Waals surface area contributed by atoms with Crippen LogP contribution >= 0.6 is 0 Å². The van der Waals surface area contributed by atoms with Crippen molar-refractivity contribution in [3.8, 4) is 5.75 Å². The van der Waals surface area contributed by atoms with Crippen LogP contribution in [0.2, 0.25) is 0 Å². The zero-order valence-corrected chi connectivity index (χ0v) is 25.1. The Morgan fingerprint density at radius 1 is 1.05 bits per heavy atom. The van der Waals surface area contributed by atoms with Crippen molar-refractivity contribution in [3.63, 3.8) is 0 Å². The van der Waals surface area contributed by atoms with Crippen LogP contribution in [0.3, 0.4) is 0 Å². The molecule has 2 aliphatic heterocycles. The first-order valence-electron chi connectivity index (χ1n) is 14.8. The lowest BCUT2D eigenvalue weighted by atomic mass is 9.79. The van der Waals surface area contributed by atoms with Crippen LogP contribution in [0.5, 0.6) is 5.75 Å². The van der Waals surface area contributed by atoms with Crippen LogP contribution in [0.25, 0.3) is 11.0 Å². The van der Waals surface area contributed by atoms with Crippen molar-refractivity contribution in [1.82, 2.24) is 24.7 Å². The third-order valence-electron chi connectivity index (χ3n) is 9.22. The predicted molar refractivity (Wildman–Crippen MR) is 162 cm³/mol. The highest BCUT2D eigenvalue weighted by Crippen LogP contribution is 2.40. The molecule has 0 aliphatic carbocycles. The van der Waals surface area contributed by atoms with Crippen molar-refractivity contribution < 1.29 is 4.74 Å². The number of hydrogen-bond acceptors (Lipinski definition) is 6. The van der Waals surface area contributed by atoms with Gasteiger partial charge in [0.2, 0.25) is 0 Å². The normalized spacial score (nSPS) is 22.9. The molecule has 5 rings (SSSR count). The van der Waals surface area contributed by atoms with Crippen LogP contribution < -0.4 is 15.0 Å². The molecule has 3 heterocycles. The summed E-state index contributed by atoms with van der Waals surface area (Å²) >= 11 is 0. The minimum atomic E-state index is 0.0377. The summed E-state index contributed by atoms with van der Waals surface area (Å²) in [6, 6.07) is 16.9. The van der Waals surface area contributed by atoms with Gasteiger partial charge < -0.3 is 19.5 Å². The summed E-state index contributed by atoms with van der Waals surface area (Å²) in [6.45, 7) is 11.1. The number of rotatable bonds is 8. The summed E-state index contributed by atoms with van der Waals surface area (Å²) in [4.78, 5) is 12.9. The Balaban J connectivity index is 1.38. The van der Waals surface area contributed by atoms with Crippen LogP contribution in [-0.4, -0.2) is 78.8 Å². The summed E-state index contributed by atoms with van der Waals surface area (Å²) in [5, 5.41) is 3.69. The van der Waals surface area contributed by atoms with Gasteiger partial charge in [-0.2, -0.15) is 0 Å². The molecule has 1 unspecified atom stereocenters. The van der Waals surface area contributed by atoms with E-state index in [4.69, 9.17) is 9.72 Å². The standard InChI is InChI=1S/C32H48N6O/c1-8-9-30(38-21-23(2)33-24(3)22-38)31-34-28-20-26(12-15-29(28)36(31)6)37-18-16-32(17-19-37,35(4)5)25-10-13-27(39-7)14-11-25/h10-15,20,23-24,30,33H,8-9,16-19,21-22H2,1-7H3/t23-,24+,30?. The number of methoxy groups -OCH3 is 1. The second kappa shape index (κ2) is 11.5. The zero-order valence-electron chi connectivity index (χ0n) is 25.1. The number of ether oxygens (including phenoxy) is 1. The van der Waals surface area contributed by atoms with Gasteiger partial charge in [0, 0.05) is 56.5 Å². The van der Waals surface area contributed by atoms with E-state index in [1.807, 2.05) is 0 Å². The number of nitrogens with one attached hydrogen (secondary N) is 1. The van der Waals surface area contributed by atoms with Crippen LogP contribution in [-0.2, 0) is 12.6 Å². The quantitative estimate of drug-likeness (QED) is 0.432. The number of benzene rings is 2. The highest BCUT2D eigenvalue weighted by molar-refractivity contribution is 5.80. The van der Waals surface area contributed by atoms with E-state index in [-0.39, 0.29) is 5.54 Å². The van der Waals surface area contributed by atoms with E-state index in [1.165, 1.54) is 22.6 Å². The Kier molecular flexibility index (Phi) is 8.22. The Hall–Kier alpha value is -2.61. The summed E-state index contributed by atoms with van der Waals surface area (Å²) < 4.78 is 7.75. The first-order chi connectivity index (χ1) is 18.8. The fraction of sp³-hybridized carbons (Fsp3) is 0.594. The lowest BCUT2D eigenvalue weighted by molar-refractivity contribution is 0.110. The van der Waals surface area contributed by atoms with Gasteiger partial charge in [0.05, 0.1) is 24.2 Å². The van der Waals surface area contributed by atoms with Crippen molar-refractivity contribution in [3.05, 3.63) is 53.9 Å². The predicted octanol–water partition coefficient (Wildman–Crippen LogP) is 5.16. The molecule has 2 aliphatic rings. The molecule has 7 nitrogen and oxygen atoms in total. The average molecular weight is 533 g/mol. The zero-order chi connectivity index (χ0) is 27.7. The van der Waals surface area contributed by atoms with E-state index < -0.39 is 0 Å². The molecule has 0 amide bonds. The van der Waals surface area contributed by atoms with Crippen molar-refractivity contribution in [1.29, 1.82) is 0 Å². The summed E-state index contributed by atoms with van der Waals surface area (Å²) in [6.07, 6.45) is 4.44. The maximum absolute atomic E-state index is 5.41. The minimum Gasteiger partial charge on any atom is -0.497 e. The first kappa shape index (κ1) is 27.9. The van der Waals surface area contributed by atoms with Crippen molar-refractivity contribution in [2.75, 3.05) is 52.3 Å². The molecule has 0 radical (unpaired) electrons. The first-order valence-corrected chi connectivity index (χ1v) is 14.8. The number of fused-ring (bicyclic) bond motifs is 1. The van der Waals surface area contributed by atoms with Crippen LogP contribution in [0, 0.1) is 0 Å². The van der Waals surface area contributed by atoms with E-state index in [2.05, 4.69) is 109 Å². The van der Waals surface area contributed by atoms with Crippen molar-refractivity contribution in [2.45, 2.75) is 70.1 Å². The Morgan fingerprint density at radius 3 is 2.31 bits per heavy atom. The second-order valence-corrected chi connectivity index (χ2v) is 12.1. The molecule has 2 fully saturated rings. The monoisotopic (exact) mass is 532 g/mol. The minimum absolute atomic E-state index is 0.0377. The number of piperidine rings is 1. The second-order valence-electron chi connectivity index (χ2n) is 12.1. The Labute approximate surface area is 235 Å². The van der Waals surface area contributed by atoms with Gasteiger partial charge in [-0.05, 0) is 83.1 Å². The summed E-state index contributed by atoms with van der Waals surface area (Å²) in [7, 11) is 8.36. The molecule has 0 saturated carbocycles. The Bertz CT molecular complexity index is 1230. The maximum Gasteiger partial charge on any atom is 0.127 e. The van der Waals surface area contributed by atoms with E-state index in [1.54, 1.807) is 7.11 Å². The number of aromatic nitrogens is 2. The molecular weight excluding hydrogens is 484 g/mol. The van der Waals surface area contributed by atoms with Gasteiger partial charge >= 0.3 is 0 Å². The Morgan fingerprint density at radius 2 is 1.72 bits per heavy atom. The third kappa shape index (κ3) is 5.41. The summed E-state index contributed by atoms with van der Waals surface area (Å²) in [5.41, 5.74) is 5.03. The smallest absolute Gasteiger partial charge is 0.127 e. The maximum atomic E-state index is 5.41. The topological polar surface area (TPSA) is 48.8 Å². The van der Waals surface area contributed by atoms with E-state index in [0.29, 0.717) is 18.1 Å². The van der Waals surface area contributed by atoms with Gasteiger partial charge in [-0.25, -0.2) is 4.98 Å². The van der Waals surface area contributed by atoms with E-state index >= 15 is 0 Å². The fourth-order valence-electron chi connectivity index (χ4n) is 7.10. The number of nitrogens with zero attached hydrogens (tertiary/aromatic N) is 5. The van der Waals surface area contributed by atoms with Gasteiger partial charge in [0.25, 0.3) is 0 Å². The summed E-state index contributed by atoms with van der Waals surface area (Å²) in [5.74, 6) is 2.12. The molecule has 212 valence electrons. The van der Waals surface area contributed by atoms with Crippen molar-refractivity contribution in [2.24, 2.45) is 7.05 Å². The third-order valence-corrected chi connectivity index (χ3v) is 9.22. The van der Waals surface area contributed by atoms with E-state index in [9.17, 15) is 0 Å². The fourth-order valence-corrected chi connectivity index (χ4v) is 7.10. The molecule has 2 aromatic carbocycles. The van der Waals surface area contributed by atoms with Crippen LogP contribution in [0.1, 0.15) is 63.9 Å². The number of anilines is 1. The van der Waals surface area contributed by atoms with Gasteiger partial charge in [-0.1, -0.05) is 25.5 Å². The van der Waals surface area contributed by atoms with Gasteiger partial charge in [0.1, 0.15) is 11.6 Å². The van der Waals surface area contributed by atoms with Crippen LogP contribution in [0.4, 0.5) is 5.69 Å². The number of imidazole rings is 1. The molecule has 39 heavy (non-hydrogen) atoms. The number of aryl methyl sites for hydroxylation is 1. The molecule has 3 atom stereocenters. The molecule has 3 aromatic rings. The highest BCUT2D eigenvalue weighted by Gasteiger charge is 2.38. The average Bonchev–Trinajstić information content (AvgIpc) is 3.26. The highest BCUT2D eigenvalue weighted by atomic mass is 16.5. The molecular formula is C32H48N6O.